The molecule has 2 aromatic carbocycles. The summed E-state index contributed by atoms with van der Waals surface area (Å²) in [6.45, 7) is 5.70. The van der Waals surface area contributed by atoms with Gasteiger partial charge >= 0.3 is 5.97 Å². The average Bonchev–Trinajstić information content (AvgIpc) is 2.86. The molecule has 0 radical (unpaired) electrons. The van der Waals surface area contributed by atoms with Crippen LogP contribution in [0.3, 0.4) is 0 Å². The van der Waals surface area contributed by atoms with Gasteiger partial charge in [-0.2, -0.15) is 0 Å². The number of halogens is 1. The van der Waals surface area contributed by atoms with Crippen LogP contribution in [-0.2, 0) is 20.7 Å². The van der Waals surface area contributed by atoms with Crippen LogP contribution in [0.1, 0.15) is 34.7 Å². The van der Waals surface area contributed by atoms with Crippen molar-refractivity contribution in [3.05, 3.63) is 64.0 Å². The smallest absolute Gasteiger partial charge is 0.310 e. The van der Waals surface area contributed by atoms with Crippen LogP contribution >= 0.6 is 0 Å². The number of carbonyl (C=O) groups is 2. The zero-order chi connectivity index (χ0) is 18.8. The van der Waals surface area contributed by atoms with Gasteiger partial charge in [0, 0.05) is 11.1 Å². The number of rotatable bonds is 4. The first kappa shape index (κ1) is 17.9. The molecule has 1 aliphatic heterocycles. The van der Waals surface area contributed by atoms with Gasteiger partial charge in [-0.15, -0.1) is 0 Å². The lowest BCUT2D eigenvalue weighted by atomic mass is 9.98. The van der Waals surface area contributed by atoms with Crippen LogP contribution in [0.4, 0.5) is 10.1 Å². The van der Waals surface area contributed by atoms with Gasteiger partial charge < -0.3 is 10.1 Å². The Labute approximate surface area is 151 Å². The Kier molecular flexibility index (Phi) is 4.89. The number of nitrogens with one attached hydrogen (secondary N) is 1. The van der Waals surface area contributed by atoms with E-state index >= 15 is 0 Å². The number of fused-ring (bicyclic) bond motifs is 1. The van der Waals surface area contributed by atoms with Crippen LogP contribution < -0.4 is 5.32 Å². The van der Waals surface area contributed by atoms with Crippen LogP contribution in [0.25, 0.3) is 11.6 Å². The van der Waals surface area contributed by atoms with Crippen molar-refractivity contribution in [1.82, 2.24) is 0 Å². The molecule has 0 bridgehead atoms. The van der Waals surface area contributed by atoms with E-state index < -0.39 is 0 Å². The molecular weight excluding hydrogens is 333 g/mol. The van der Waals surface area contributed by atoms with Crippen molar-refractivity contribution in [2.24, 2.45) is 0 Å². The third kappa shape index (κ3) is 3.52. The molecule has 0 unspecified atom stereocenters. The van der Waals surface area contributed by atoms with Crippen LogP contribution in [0.2, 0.25) is 0 Å². The van der Waals surface area contributed by atoms with Crippen molar-refractivity contribution in [3.63, 3.8) is 0 Å². The fraction of sp³-hybridized carbons (Fsp3) is 0.238. The average molecular weight is 353 g/mol. The van der Waals surface area contributed by atoms with Gasteiger partial charge in [-0.3, -0.25) is 9.59 Å². The quantitative estimate of drug-likeness (QED) is 0.667. The van der Waals surface area contributed by atoms with E-state index in [1.54, 1.807) is 26.0 Å². The molecule has 4 nitrogen and oxygen atoms in total. The molecule has 0 saturated heterocycles. The lowest BCUT2D eigenvalue weighted by Crippen LogP contribution is -2.08. The minimum Gasteiger partial charge on any atom is -0.466 e. The monoisotopic (exact) mass is 353 g/mol. The Balaban J connectivity index is 1.97. The number of aryl methyl sites for hydroxylation is 2. The van der Waals surface area contributed by atoms with E-state index in [2.05, 4.69) is 5.32 Å². The van der Waals surface area contributed by atoms with Crippen molar-refractivity contribution in [3.8, 4) is 0 Å². The maximum Gasteiger partial charge on any atom is 0.310 e. The van der Waals surface area contributed by atoms with Crippen LogP contribution in [0.15, 0.2) is 30.3 Å². The van der Waals surface area contributed by atoms with E-state index in [9.17, 15) is 14.0 Å². The Morgan fingerprint density at radius 1 is 1.19 bits per heavy atom. The van der Waals surface area contributed by atoms with Gasteiger partial charge in [0.15, 0.2) is 0 Å². The minimum absolute atomic E-state index is 0.184. The molecule has 134 valence electrons. The molecule has 1 N–H and O–H groups in total. The van der Waals surface area contributed by atoms with Gasteiger partial charge in [-0.05, 0) is 61.2 Å². The maximum absolute atomic E-state index is 13.7. The van der Waals surface area contributed by atoms with Gasteiger partial charge in [0.25, 0.3) is 5.91 Å². The van der Waals surface area contributed by atoms with E-state index in [0.717, 1.165) is 16.7 Å². The normalized spacial score (nSPS) is 14.3. The van der Waals surface area contributed by atoms with Crippen molar-refractivity contribution in [2.45, 2.75) is 27.2 Å². The van der Waals surface area contributed by atoms with E-state index in [1.165, 1.54) is 6.07 Å². The summed E-state index contributed by atoms with van der Waals surface area (Å²) < 4.78 is 18.7. The summed E-state index contributed by atoms with van der Waals surface area (Å²) in [6, 6.07) is 8.68. The molecule has 2 aromatic rings. The fourth-order valence-corrected chi connectivity index (χ4v) is 2.97. The number of ether oxygens (including phenoxy) is 1. The topological polar surface area (TPSA) is 55.4 Å². The molecule has 0 aromatic heterocycles. The number of hydrogen-bond donors (Lipinski definition) is 1. The van der Waals surface area contributed by atoms with Crippen LogP contribution in [0, 0.1) is 19.7 Å². The van der Waals surface area contributed by atoms with Crippen molar-refractivity contribution in [1.29, 1.82) is 0 Å². The number of amides is 1. The second-order valence-corrected chi connectivity index (χ2v) is 6.33. The number of carbonyl (C=O) groups excluding carboxylic acids is 2. The van der Waals surface area contributed by atoms with Crippen molar-refractivity contribution in [2.75, 3.05) is 11.9 Å². The molecular formula is C21H20FNO3. The molecule has 3 rings (SSSR count). The highest BCUT2D eigenvalue weighted by atomic mass is 19.1. The van der Waals surface area contributed by atoms with Crippen LogP contribution in [0.5, 0.6) is 0 Å². The Bertz CT molecular complexity index is 931. The molecule has 0 atom stereocenters. The predicted octanol–water partition coefficient (Wildman–Crippen LogP) is 4.04. The Morgan fingerprint density at radius 3 is 2.69 bits per heavy atom. The van der Waals surface area contributed by atoms with E-state index in [1.807, 2.05) is 25.1 Å². The number of anilines is 1. The molecule has 0 spiro atoms. The van der Waals surface area contributed by atoms with Gasteiger partial charge in [-0.1, -0.05) is 18.2 Å². The van der Waals surface area contributed by atoms with E-state index in [0.29, 0.717) is 29.0 Å². The highest BCUT2D eigenvalue weighted by Crippen LogP contribution is 2.35. The van der Waals surface area contributed by atoms with Crippen molar-refractivity contribution < 1.29 is 18.7 Å². The maximum atomic E-state index is 13.7. The fourth-order valence-electron chi connectivity index (χ4n) is 2.97. The molecule has 26 heavy (non-hydrogen) atoms. The molecule has 0 fully saturated rings. The molecule has 1 amide bonds. The molecule has 1 aliphatic rings. The second kappa shape index (κ2) is 7.12. The molecule has 0 saturated carbocycles. The third-order valence-electron chi connectivity index (χ3n) is 4.41. The molecule has 0 aliphatic carbocycles. The van der Waals surface area contributed by atoms with E-state index in [-0.39, 0.29) is 24.1 Å². The summed E-state index contributed by atoms with van der Waals surface area (Å²) in [5, 5.41) is 2.69. The van der Waals surface area contributed by atoms with Crippen molar-refractivity contribution >= 4 is 29.2 Å². The number of benzene rings is 2. The summed E-state index contributed by atoms with van der Waals surface area (Å²) >= 11 is 0. The summed E-state index contributed by atoms with van der Waals surface area (Å²) in [5.74, 6) is -0.898. The first-order valence-corrected chi connectivity index (χ1v) is 8.47. The highest BCUT2D eigenvalue weighted by Gasteiger charge is 2.25. The van der Waals surface area contributed by atoms with Gasteiger partial charge in [-0.25, -0.2) is 4.39 Å². The second-order valence-electron chi connectivity index (χ2n) is 6.33. The standard InChI is InChI=1S/C21H20FNO3/c1-4-26-20(24)10-15-8-14(6-5-12(15)2)9-17-16-7-13(3)18(22)11-19(16)23-21(17)25/h5-9,11H,4,10H2,1-3H3,(H,23,25)/b17-9-. The summed E-state index contributed by atoms with van der Waals surface area (Å²) in [4.78, 5) is 24.1. The van der Waals surface area contributed by atoms with Gasteiger partial charge in [0.2, 0.25) is 0 Å². The van der Waals surface area contributed by atoms with E-state index in [4.69, 9.17) is 4.74 Å². The Hall–Kier alpha value is -2.95. The first-order chi connectivity index (χ1) is 12.4. The SMILES string of the molecule is CCOC(=O)Cc1cc(/C=C2\C(=O)Nc3cc(F)c(C)cc32)ccc1C. The first-order valence-electron chi connectivity index (χ1n) is 8.47. The van der Waals surface area contributed by atoms with Gasteiger partial charge in [0.05, 0.1) is 18.7 Å². The number of esters is 1. The minimum atomic E-state index is -0.350. The highest BCUT2D eigenvalue weighted by molar-refractivity contribution is 6.34. The third-order valence-corrected chi connectivity index (χ3v) is 4.41. The number of hydrogen-bond acceptors (Lipinski definition) is 3. The predicted molar refractivity (Wildman–Crippen MR) is 99.2 cm³/mol. The lowest BCUT2D eigenvalue weighted by Gasteiger charge is -2.08. The molecule has 1 heterocycles. The molecule has 5 heteroatoms. The zero-order valence-corrected chi connectivity index (χ0v) is 15.0. The lowest BCUT2D eigenvalue weighted by molar-refractivity contribution is -0.142. The largest absolute Gasteiger partial charge is 0.466 e. The van der Waals surface area contributed by atoms with Gasteiger partial charge in [0.1, 0.15) is 5.82 Å². The zero-order valence-electron chi connectivity index (χ0n) is 15.0. The summed E-state index contributed by atoms with van der Waals surface area (Å²) in [6.07, 6.45) is 1.94. The summed E-state index contributed by atoms with van der Waals surface area (Å²) in [5.41, 5.74) is 4.76. The van der Waals surface area contributed by atoms with Crippen LogP contribution in [-0.4, -0.2) is 18.5 Å². The Morgan fingerprint density at radius 2 is 1.96 bits per heavy atom. The summed E-state index contributed by atoms with van der Waals surface area (Å²) in [7, 11) is 0.